The zero-order chi connectivity index (χ0) is 8.81. The topological polar surface area (TPSA) is 9.23 Å². The smallest absolute Gasteiger partial charge is 0.0518 e. The Kier molecular flexibility index (Phi) is 4.09. The lowest BCUT2D eigenvalue weighted by Crippen LogP contribution is -2.03. The van der Waals surface area contributed by atoms with E-state index in [4.69, 9.17) is 4.74 Å². The van der Waals surface area contributed by atoms with Gasteiger partial charge in [0.2, 0.25) is 0 Å². The largest absolute Gasteiger partial charge is 0.379 e. The van der Waals surface area contributed by atoms with E-state index in [1.54, 1.807) is 0 Å². The molecule has 0 atom stereocenters. The molecule has 1 rings (SSSR count). The maximum atomic E-state index is 5.45. The van der Waals surface area contributed by atoms with Crippen LogP contribution < -0.4 is 0 Å². The highest BCUT2D eigenvalue weighted by Crippen LogP contribution is 2.14. The molecule has 0 aromatic rings. The number of ether oxygens (including phenoxy) is 1. The van der Waals surface area contributed by atoms with Gasteiger partial charge in [0, 0.05) is 6.61 Å². The van der Waals surface area contributed by atoms with Crippen molar-refractivity contribution in [3.63, 3.8) is 0 Å². The zero-order valence-corrected chi connectivity index (χ0v) is 8.05. The van der Waals surface area contributed by atoms with Crippen molar-refractivity contribution in [2.45, 2.75) is 39.2 Å². The minimum Gasteiger partial charge on any atom is -0.379 e. The van der Waals surface area contributed by atoms with E-state index in [9.17, 15) is 0 Å². The number of allylic oxidation sites excluding steroid dienone is 4. The van der Waals surface area contributed by atoms with Gasteiger partial charge in [0.1, 0.15) is 0 Å². The molecule has 0 bridgehead atoms. The van der Waals surface area contributed by atoms with Gasteiger partial charge in [-0.25, -0.2) is 0 Å². The van der Waals surface area contributed by atoms with E-state index < -0.39 is 0 Å². The normalized spacial score (nSPS) is 15.8. The Morgan fingerprint density at radius 2 is 2.33 bits per heavy atom. The van der Waals surface area contributed by atoms with Crippen molar-refractivity contribution in [3.8, 4) is 0 Å². The van der Waals surface area contributed by atoms with Crippen LogP contribution in [0.5, 0.6) is 0 Å². The average molecular weight is 166 g/mol. The molecule has 12 heavy (non-hydrogen) atoms. The molecular formula is C11H18O. The number of hydrogen-bond donors (Lipinski definition) is 0. The molecule has 0 fully saturated rings. The molecule has 68 valence electrons. The van der Waals surface area contributed by atoms with Crippen LogP contribution in [0.15, 0.2) is 23.8 Å². The highest BCUT2D eigenvalue weighted by molar-refractivity contribution is 5.25. The van der Waals surface area contributed by atoms with Crippen molar-refractivity contribution in [1.82, 2.24) is 0 Å². The molecule has 1 heteroatoms. The number of rotatable bonds is 5. The highest BCUT2D eigenvalue weighted by atomic mass is 16.5. The van der Waals surface area contributed by atoms with Crippen LogP contribution in [0.1, 0.15) is 33.1 Å². The maximum absolute atomic E-state index is 5.45. The van der Waals surface area contributed by atoms with Gasteiger partial charge >= 0.3 is 0 Å². The van der Waals surface area contributed by atoms with Crippen LogP contribution >= 0.6 is 0 Å². The predicted molar refractivity (Wildman–Crippen MR) is 52.2 cm³/mol. The van der Waals surface area contributed by atoms with E-state index in [0.29, 0.717) is 6.10 Å². The summed E-state index contributed by atoms with van der Waals surface area (Å²) in [6, 6.07) is 0. The summed E-state index contributed by atoms with van der Waals surface area (Å²) in [6.07, 6.45) is 10.5. The van der Waals surface area contributed by atoms with Crippen LogP contribution in [0.25, 0.3) is 0 Å². The molecule has 0 aliphatic heterocycles. The Labute approximate surface area is 75.1 Å². The highest BCUT2D eigenvalue weighted by Gasteiger charge is 1.98. The van der Waals surface area contributed by atoms with Crippen molar-refractivity contribution < 1.29 is 4.74 Å². The summed E-state index contributed by atoms with van der Waals surface area (Å²) < 4.78 is 5.45. The molecule has 0 radical (unpaired) electrons. The van der Waals surface area contributed by atoms with Gasteiger partial charge in [0.05, 0.1) is 6.10 Å². The fourth-order valence-electron chi connectivity index (χ4n) is 1.29. The SMILES string of the molecule is CC(C)OCCCC1=CCC=C1. The second kappa shape index (κ2) is 5.15. The average Bonchev–Trinajstić information content (AvgIpc) is 2.49. The first-order valence-electron chi connectivity index (χ1n) is 4.76. The zero-order valence-electron chi connectivity index (χ0n) is 8.05. The van der Waals surface area contributed by atoms with Crippen molar-refractivity contribution >= 4 is 0 Å². The van der Waals surface area contributed by atoms with Crippen LogP contribution in [-0.2, 0) is 4.74 Å². The Bertz CT molecular complexity index is 177. The minimum absolute atomic E-state index is 0.373. The number of hydrogen-bond acceptors (Lipinski definition) is 1. The lowest BCUT2D eigenvalue weighted by Gasteiger charge is -2.06. The second-order valence-corrected chi connectivity index (χ2v) is 3.44. The van der Waals surface area contributed by atoms with E-state index in [2.05, 4.69) is 32.1 Å². The summed E-state index contributed by atoms with van der Waals surface area (Å²) in [5.41, 5.74) is 1.47. The van der Waals surface area contributed by atoms with E-state index in [1.165, 1.54) is 12.0 Å². The third-order valence-electron chi connectivity index (χ3n) is 1.91. The molecule has 0 saturated carbocycles. The Hall–Kier alpha value is -0.560. The molecule has 0 amide bonds. The summed E-state index contributed by atoms with van der Waals surface area (Å²) >= 11 is 0. The molecule has 1 aliphatic carbocycles. The van der Waals surface area contributed by atoms with Crippen LogP contribution in [0, 0.1) is 0 Å². The monoisotopic (exact) mass is 166 g/mol. The molecule has 0 N–H and O–H groups in total. The lowest BCUT2D eigenvalue weighted by molar-refractivity contribution is 0.0773. The van der Waals surface area contributed by atoms with Crippen molar-refractivity contribution in [3.05, 3.63) is 23.8 Å². The van der Waals surface area contributed by atoms with Crippen LogP contribution in [-0.4, -0.2) is 12.7 Å². The second-order valence-electron chi connectivity index (χ2n) is 3.44. The van der Waals surface area contributed by atoms with E-state index in [1.807, 2.05) is 0 Å². The molecule has 0 saturated heterocycles. The Morgan fingerprint density at radius 3 is 2.92 bits per heavy atom. The Balaban J connectivity index is 1.99. The lowest BCUT2D eigenvalue weighted by atomic mass is 10.1. The van der Waals surface area contributed by atoms with E-state index in [-0.39, 0.29) is 0 Å². The van der Waals surface area contributed by atoms with Gasteiger partial charge in [-0.3, -0.25) is 0 Å². The van der Waals surface area contributed by atoms with Gasteiger partial charge in [0.15, 0.2) is 0 Å². The van der Waals surface area contributed by atoms with Gasteiger partial charge in [-0.2, -0.15) is 0 Å². The Morgan fingerprint density at radius 1 is 1.50 bits per heavy atom. The standard InChI is InChI=1S/C11H18O/c1-10(2)12-9-5-8-11-6-3-4-7-11/h3,6-7,10H,4-5,8-9H2,1-2H3. The van der Waals surface area contributed by atoms with Gasteiger partial charge in [-0.15, -0.1) is 0 Å². The molecule has 0 unspecified atom stereocenters. The van der Waals surface area contributed by atoms with Crippen molar-refractivity contribution in [1.29, 1.82) is 0 Å². The molecule has 0 aromatic carbocycles. The van der Waals surface area contributed by atoms with Gasteiger partial charge in [0.25, 0.3) is 0 Å². The fraction of sp³-hybridized carbons (Fsp3) is 0.636. The van der Waals surface area contributed by atoms with Crippen LogP contribution in [0.3, 0.4) is 0 Å². The van der Waals surface area contributed by atoms with Gasteiger partial charge in [-0.05, 0) is 33.1 Å². The quantitative estimate of drug-likeness (QED) is 0.570. The molecular weight excluding hydrogens is 148 g/mol. The molecule has 1 nitrogen and oxygen atoms in total. The first kappa shape index (κ1) is 9.53. The molecule has 0 spiro atoms. The summed E-state index contributed by atoms with van der Waals surface area (Å²) in [7, 11) is 0. The van der Waals surface area contributed by atoms with Crippen LogP contribution in [0.4, 0.5) is 0 Å². The molecule has 0 heterocycles. The van der Waals surface area contributed by atoms with E-state index in [0.717, 1.165) is 19.4 Å². The van der Waals surface area contributed by atoms with Gasteiger partial charge < -0.3 is 4.74 Å². The first-order chi connectivity index (χ1) is 5.79. The fourth-order valence-corrected chi connectivity index (χ4v) is 1.29. The first-order valence-corrected chi connectivity index (χ1v) is 4.76. The van der Waals surface area contributed by atoms with Gasteiger partial charge in [-0.1, -0.05) is 23.8 Å². The third kappa shape index (κ3) is 3.72. The summed E-state index contributed by atoms with van der Waals surface area (Å²) in [4.78, 5) is 0. The van der Waals surface area contributed by atoms with Crippen molar-refractivity contribution in [2.24, 2.45) is 0 Å². The molecule has 1 aliphatic rings. The maximum Gasteiger partial charge on any atom is 0.0518 e. The summed E-state index contributed by atoms with van der Waals surface area (Å²) in [5.74, 6) is 0. The minimum atomic E-state index is 0.373. The third-order valence-corrected chi connectivity index (χ3v) is 1.91. The predicted octanol–water partition coefficient (Wildman–Crippen LogP) is 3.08. The van der Waals surface area contributed by atoms with E-state index >= 15 is 0 Å². The van der Waals surface area contributed by atoms with Crippen molar-refractivity contribution in [2.75, 3.05) is 6.61 Å². The van der Waals surface area contributed by atoms with Crippen LogP contribution in [0.2, 0.25) is 0 Å². The summed E-state index contributed by atoms with van der Waals surface area (Å²) in [6.45, 7) is 5.05. The summed E-state index contributed by atoms with van der Waals surface area (Å²) in [5, 5.41) is 0. The molecule has 0 aromatic heterocycles.